The quantitative estimate of drug-likeness (QED) is 0.265. The molecule has 0 saturated carbocycles. The van der Waals surface area contributed by atoms with Crippen molar-refractivity contribution < 1.29 is 0 Å². The zero-order valence-corrected chi connectivity index (χ0v) is 15.0. The third-order valence-electron chi connectivity index (χ3n) is 5.16. The molecular weight excluding hydrogens is 343 g/mol. The third kappa shape index (κ3) is 2.34. The molecule has 0 saturated heterocycles. The third-order valence-corrected chi connectivity index (χ3v) is 7.58. The first-order valence-electron chi connectivity index (χ1n) is 8.67. The van der Waals surface area contributed by atoms with Gasteiger partial charge in [-0.1, -0.05) is 0 Å². The molecule has 1 heteroatoms. The molecule has 0 N–H and O–H groups in total. The Morgan fingerprint density at radius 2 is 0.957 bits per heavy atom. The van der Waals surface area contributed by atoms with Gasteiger partial charge in [-0.05, 0) is 0 Å². The van der Waals surface area contributed by atoms with E-state index in [1.807, 2.05) is 0 Å². The van der Waals surface area contributed by atoms with Gasteiger partial charge in [0.1, 0.15) is 0 Å². The minimum absolute atomic E-state index is 0.828. The summed E-state index contributed by atoms with van der Waals surface area (Å²) in [6, 6.07) is 19.1. The SMILES string of the molecule is c1cc2cc3cc4ccc5cc(cc1c5c24)CCC[Se]CCC3. The van der Waals surface area contributed by atoms with Crippen molar-refractivity contribution in [3.8, 4) is 0 Å². The summed E-state index contributed by atoms with van der Waals surface area (Å²) < 4.78 is 0. The Kier molecular flexibility index (Phi) is 3.32. The zero-order valence-electron chi connectivity index (χ0n) is 13.3. The molecule has 0 spiro atoms. The van der Waals surface area contributed by atoms with E-state index in [9.17, 15) is 0 Å². The van der Waals surface area contributed by atoms with Crippen LogP contribution in [0, 0.1) is 0 Å². The second-order valence-corrected chi connectivity index (χ2v) is 9.35. The first-order chi connectivity index (χ1) is 11.4. The minimum atomic E-state index is 0.828. The Balaban J connectivity index is 1.87. The van der Waals surface area contributed by atoms with Gasteiger partial charge in [0.25, 0.3) is 0 Å². The Morgan fingerprint density at radius 3 is 1.35 bits per heavy atom. The molecule has 4 aromatic carbocycles. The van der Waals surface area contributed by atoms with Gasteiger partial charge in [0.05, 0.1) is 0 Å². The van der Waals surface area contributed by atoms with Gasteiger partial charge in [-0.3, -0.25) is 0 Å². The van der Waals surface area contributed by atoms with Gasteiger partial charge in [0.15, 0.2) is 0 Å². The molecule has 4 aromatic rings. The van der Waals surface area contributed by atoms with Crippen LogP contribution in [0.3, 0.4) is 0 Å². The summed E-state index contributed by atoms with van der Waals surface area (Å²) in [5.74, 6) is 0. The van der Waals surface area contributed by atoms with Gasteiger partial charge in [-0.2, -0.15) is 0 Å². The molecule has 0 atom stereocenters. The van der Waals surface area contributed by atoms with Gasteiger partial charge < -0.3 is 0 Å². The second-order valence-electron chi connectivity index (χ2n) is 6.78. The van der Waals surface area contributed by atoms with E-state index in [0.717, 1.165) is 15.0 Å². The van der Waals surface area contributed by atoms with Crippen molar-refractivity contribution in [3.05, 3.63) is 59.7 Å². The molecule has 23 heavy (non-hydrogen) atoms. The van der Waals surface area contributed by atoms with Crippen LogP contribution in [-0.4, -0.2) is 15.0 Å². The average Bonchev–Trinajstić information content (AvgIpc) is 2.59. The van der Waals surface area contributed by atoms with Crippen LogP contribution >= 0.6 is 0 Å². The molecule has 8 bridgehead atoms. The molecule has 0 nitrogen and oxygen atoms in total. The summed E-state index contributed by atoms with van der Waals surface area (Å²) in [4.78, 5) is 0. The number of benzene rings is 4. The van der Waals surface area contributed by atoms with Crippen molar-refractivity contribution in [2.24, 2.45) is 0 Å². The average molecular weight is 363 g/mol. The molecule has 8 rings (SSSR count). The van der Waals surface area contributed by atoms with E-state index < -0.39 is 0 Å². The van der Waals surface area contributed by atoms with E-state index in [-0.39, 0.29) is 0 Å². The van der Waals surface area contributed by atoms with Crippen molar-refractivity contribution in [2.75, 3.05) is 0 Å². The first kappa shape index (κ1) is 13.8. The van der Waals surface area contributed by atoms with Gasteiger partial charge in [-0.25, -0.2) is 0 Å². The van der Waals surface area contributed by atoms with Crippen LogP contribution in [0.4, 0.5) is 0 Å². The van der Waals surface area contributed by atoms with Gasteiger partial charge in [0.2, 0.25) is 0 Å². The molecule has 0 aromatic heterocycles. The van der Waals surface area contributed by atoms with Crippen LogP contribution < -0.4 is 0 Å². The Labute approximate surface area is 143 Å². The van der Waals surface area contributed by atoms with E-state index in [2.05, 4.69) is 48.5 Å². The van der Waals surface area contributed by atoms with Crippen molar-refractivity contribution in [1.29, 1.82) is 0 Å². The van der Waals surface area contributed by atoms with Crippen LogP contribution in [-0.2, 0) is 12.8 Å². The summed E-state index contributed by atoms with van der Waals surface area (Å²) in [6.45, 7) is 0. The van der Waals surface area contributed by atoms with Crippen LogP contribution in [0.25, 0.3) is 32.3 Å². The van der Waals surface area contributed by atoms with Crippen molar-refractivity contribution >= 4 is 47.3 Å². The summed E-state index contributed by atoms with van der Waals surface area (Å²) in [6.07, 6.45) is 5.18. The van der Waals surface area contributed by atoms with Gasteiger partial charge in [-0.15, -0.1) is 0 Å². The number of fused-ring (bicyclic) bond motifs is 2. The van der Waals surface area contributed by atoms with Crippen LogP contribution in [0.1, 0.15) is 24.0 Å². The molecule has 0 aliphatic carbocycles. The van der Waals surface area contributed by atoms with Crippen molar-refractivity contribution in [1.82, 2.24) is 0 Å². The Morgan fingerprint density at radius 1 is 0.565 bits per heavy atom. The van der Waals surface area contributed by atoms with E-state index in [1.165, 1.54) is 79.8 Å². The Bertz CT molecular complexity index is 851. The van der Waals surface area contributed by atoms with Crippen molar-refractivity contribution in [2.45, 2.75) is 36.3 Å². The summed E-state index contributed by atoms with van der Waals surface area (Å²) in [5, 5.41) is 11.5. The number of hydrogen-bond acceptors (Lipinski definition) is 0. The molecule has 4 aliphatic heterocycles. The van der Waals surface area contributed by atoms with E-state index in [0.29, 0.717) is 0 Å². The van der Waals surface area contributed by atoms with E-state index in [4.69, 9.17) is 0 Å². The van der Waals surface area contributed by atoms with Crippen molar-refractivity contribution in [3.63, 3.8) is 0 Å². The fraction of sp³-hybridized carbons (Fsp3) is 0.273. The summed E-state index contributed by atoms with van der Waals surface area (Å²) >= 11 is 0.828. The molecule has 0 unspecified atom stereocenters. The van der Waals surface area contributed by atoms with Gasteiger partial charge in [0, 0.05) is 0 Å². The number of rotatable bonds is 0. The molecule has 0 amide bonds. The summed E-state index contributed by atoms with van der Waals surface area (Å²) in [7, 11) is 0. The van der Waals surface area contributed by atoms with Crippen LogP contribution in [0.5, 0.6) is 0 Å². The standard InChI is InChI=1S/C22H20Se/c1-3-15-11-17-5-7-19-13-16(4-2-10-23-9-1)14-20-8-6-18(12-15)21(17)22(19)20/h5-8,11-14H,1-4,9-10H2. The molecule has 4 heterocycles. The molecule has 4 aliphatic rings. The monoisotopic (exact) mass is 364 g/mol. The van der Waals surface area contributed by atoms with Gasteiger partial charge >= 0.3 is 143 Å². The maximum absolute atomic E-state index is 2.43. The first-order valence-corrected chi connectivity index (χ1v) is 11.1. The normalized spacial score (nSPS) is 16.3. The van der Waals surface area contributed by atoms with E-state index in [1.54, 1.807) is 0 Å². The maximum atomic E-state index is 2.43. The van der Waals surface area contributed by atoms with Crippen LogP contribution in [0.2, 0.25) is 10.6 Å². The fourth-order valence-corrected chi connectivity index (χ4v) is 6.00. The predicted octanol–water partition coefficient (Wildman–Crippen LogP) is 6.00. The zero-order chi connectivity index (χ0) is 15.2. The van der Waals surface area contributed by atoms with Crippen LogP contribution in [0.15, 0.2) is 48.5 Å². The molecule has 114 valence electrons. The molecular formula is C22H20Se. The number of aryl methyl sites for hydroxylation is 2. The topological polar surface area (TPSA) is 0 Å². The number of hydrogen-bond donors (Lipinski definition) is 0. The summed E-state index contributed by atoms with van der Waals surface area (Å²) in [5.41, 5.74) is 3.03. The fourth-order valence-electron chi connectivity index (χ4n) is 4.11. The second kappa shape index (κ2) is 5.51. The van der Waals surface area contributed by atoms with E-state index >= 15 is 0 Å². The molecule has 0 fully saturated rings. The predicted molar refractivity (Wildman–Crippen MR) is 102 cm³/mol. The Hall–Kier alpha value is -1.56. The molecule has 0 radical (unpaired) electrons.